The first-order valence-corrected chi connectivity index (χ1v) is 8.35. The van der Waals surface area contributed by atoms with E-state index in [0.717, 1.165) is 6.26 Å². The molecule has 0 spiro atoms. The highest BCUT2D eigenvalue weighted by Crippen LogP contribution is 2.20. The molecular formula is C13H17N3O4S. The van der Waals surface area contributed by atoms with Gasteiger partial charge < -0.3 is 9.73 Å². The highest BCUT2D eigenvalue weighted by atomic mass is 32.2. The van der Waals surface area contributed by atoms with Gasteiger partial charge in [0.1, 0.15) is 5.52 Å². The zero-order valence-corrected chi connectivity index (χ0v) is 12.8. The van der Waals surface area contributed by atoms with Crippen LogP contribution in [0.3, 0.4) is 0 Å². The SMILES string of the molecule is CCc1nc2cc(NC(=O)[C@H](C)NS(C)(=O)=O)ccc2o1. The number of amides is 1. The van der Waals surface area contributed by atoms with Gasteiger partial charge in [0.25, 0.3) is 0 Å². The van der Waals surface area contributed by atoms with Crippen molar-refractivity contribution in [3.63, 3.8) is 0 Å². The molecule has 2 N–H and O–H groups in total. The van der Waals surface area contributed by atoms with Gasteiger partial charge in [0.2, 0.25) is 15.9 Å². The van der Waals surface area contributed by atoms with E-state index in [1.807, 2.05) is 6.92 Å². The van der Waals surface area contributed by atoms with Crippen LogP contribution >= 0.6 is 0 Å². The van der Waals surface area contributed by atoms with E-state index in [0.29, 0.717) is 29.1 Å². The second kappa shape index (κ2) is 5.82. The fraction of sp³-hybridized carbons (Fsp3) is 0.385. The molecule has 7 nitrogen and oxygen atoms in total. The Balaban J connectivity index is 2.13. The van der Waals surface area contributed by atoms with Crippen molar-refractivity contribution < 1.29 is 17.6 Å². The molecule has 2 aromatic rings. The zero-order valence-electron chi connectivity index (χ0n) is 12.0. The Hall–Kier alpha value is -1.93. The Morgan fingerprint density at radius 2 is 2.14 bits per heavy atom. The van der Waals surface area contributed by atoms with Crippen molar-refractivity contribution in [3.05, 3.63) is 24.1 Å². The van der Waals surface area contributed by atoms with Gasteiger partial charge in [-0.3, -0.25) is 4.79 Å². The van der Waals surface area contributed by atoms with Crippen LogP contribution < -0.4 is 10.0 Å². The molecule has 21 heavy (non-hydrogen) atoms. The van der Waals surface area contributed by atoms with Crippen LogP contribution in [0.2, 0.25) is 0 Å². The molecule has 2 rings (SSSR count). The highest BCUT2D eigenvalue weighted by Gasteiger charge is 2.17. The number of oxazole rings is 1. The molecule has 0 fully saturated rings. The molecule has 1 heterocycles. The third kappa shape index (κ3) is 4.02. The number of anilines is 1. The molecule has 114 valence electrons. The standard InChI is InChI=1S/C13H17N3O4S/c1-4-12-15-10-7-9(5-6-11(10)20-12)14-13(17)8(2)16-21(3,18)19/h5-8,16H,4H2,1-3H3,(H,14,17)/t8-/m0/s1. The first-order valence-electron chi connectivity index (χ1n) is 6.46. The largest absolute Gasteiger partial charge is 0.441 e. The van der Waals surface area contributed by atoms with Crippen LogP contribution in [0.25, 0.3) is 11.1 Å². The van der Waals surface area contributed by atoms with E-state index >= 15 is 0 Å². The molecule has 0 saturated carbocycles. The van der Waals surface area contributed by atoms with Crippen LogP contribution in [0.5, 0.6) is 0 Å². The van der Waals surface area contributed by atoms with Gasteiger partial charge in [-0.2, -0.15) is 0 Å². The van der Waals surface area contributed by atoms with Crippen LogP contribution in [0.15, 0.2) is 22.6 Å². The van der Waals surface area contributed by atoms with E-state index in [9.17, 15) is 13.2 Å². The second-order valence-corrected chi connectivity index (χ2v) is 6.52. The number of aromatic nitrogens is 1. The lowest BCUT2D eigenvalue weighted by Gasteiger charge is -2.12. The number of benzene rings is 1. The maximum Gasteiger partial charge on any atom is 0.242 e. The highest BCUT2D eigenvalue weighted by molar-refractivity contribution is 7.88. The van der Waals surface area contributed by atoms with Crippen molar-refractivity contribution in [2.45, 2.75) is 26.3 Å². The van der Waals surface area contributed by atoms with Crippen molar-refractivity contribution in [3.8, 4) is 0 Å². The number of carbonyl (C=O) groups is 1. The average molecular weight is 311 g/mol. The van der Waals surface area contributed by atoms with E-state index in [1.54, 1.807) is 18.2 Å². The smallest absolute Gasteiger partial charge is 0.242 e. The molecule has 0 radical (unpaired) electrons. The number of aryl methyl sites for hydroxylation is 1. The topological polar surface area (TPSA) is 101 Å². The third-order valence-corrected chi connectivity index (χ3v) is 3.57. The summed E-state index contributed by atoms with van der Waals surface area (Å²) in [6.45, 7) is 3.41. The predicted molar refractivity (Wildman–Crippen MR) is 79.5 cm³/mol. The predicted octanol–water partition coefficient (Wildman–Crippen LogP) is 1.27. The molecule has 0 aliphatic carbocycles. The van der Waals surface area contributed by atoms with Crippen molar-refractivity contribution in [2.24, 2.45) is 0 Å². The number of hydrogen-bond acceptors (Lipinski definition) is 5. The normalized spacial score (nSPS) is 13.3. The summed E-state index contributed by atoms with van der Waals surface area (Å²) in [4.78, 5) is 16.2. The lowest BCUT2D eigenvalue weighted by molar-refractivity contribution is -0.117. The first-order chi connectivity index (χ1) is 9.78. The molecule has 0 aliphatic heterocycles. The Morgan fingerprint density at radius 1 is 1.43 bits per heavy atom. The lowest BCUT2D eigenvalue weighted by atomic mass is 10.2. The maximum atomic E-state index is 11.9. The monoisotopic (exact) mass is 311 g/mol. The van der Waals surface area contributed by atoms with Crippen LogP contribution in [-0.2, 0) is 21.2 Å². The molecule has 1 aromatic heterocycles. The fourth-order valence-corrected chi connectivity index (χ4v) is 2.58. The number of nitrogens with one attached hydrogen (secondary N) is 2. The van der Waals surface area contributed by atoms with Crippen molar-refractivity contribution in [1.29, 1.82) is 0 Å². The van der Waals surface area contributed by atoms with Gasteiger partial charge in [0, 0.05) is 12.1 Å². The van der Waals surface area contributed by atoms with Gasteiger partial charge in [-0.05, 0) is 25.1 Å². The summed E-state index contributed by atoms with van der Waals surface area (Å²) >= 11 is 0. The molecule has 0 aliphatic rings. The molecular weight excluding hydrogens is 294 g/mol. The Kier molecular flexibility index (Phi) is 4.29. The van der Waals surface area contributed by atoms with Crippen LogP contribution in [0, 0.1) is 0 Å². The maximum absolute atomic E-state index is 11.9. The fourth-order valence-electron chi connectivity index (χ4n) is 1.83. The van der Waals surface area contributed by atoms with Gasteiger partial charge in [-0.15, -0.1) is 0 Å². The molecule has 1 amide bonds. The average Bonchev–Trinajstić information content (AvgIpc) is 2.78. The molecule has 8 heteroatoms. The quantitative estimate of drug-likeness (QED) is 0.866. The van der Waals surface area contributed by atoms with Gasteiger partial charge in [-0.25, -0.2) is 18.1 Å². The van der Waals surface area contributed by atoms with Gasteiger partial charge >= 0.3 is 0 Å². The minimum atomic E-state index is -3.43. The molecule has 0 bridgehead atoms. The number of nitrogens with zero attached hydrogens (tertiary/aromatic N) is 1. The van der Waals surface area contributed by atoms with Crippen molar-refractivity contribution >= 4 is 32.7 Å². The third-order valence-electron chi connectivity index (χ3n) is 2.79. The summed E-state index contributed by atoms with van der Waals surface area (Å²) in [5, 5.41) is 2.64. The zero-order chi connectivity index (χ0) is 15.6. The van der Waals surface area contributed by atoms with E-state index in [4.69, 9.17) is 4.42 Å². The lowest BCUT2D eigenvalue weighted by Crippen LogP contribution is -2.40. The number of sulfonamides is 1. The summed E-state index contributed by atoms with van der Waals surface area (Å²) < 4.78 is 29.9. The minimum absolute atomic E-state index is 0.445. The summed E-state index contributed by atoms with van der Waals surface area (Å²) in [5.74, 6) is 0.180. The van der Waals surface area contributed by atoms with Gasteiger partial charge in [-0.1, -0.05) is 6.92 Å². The Morgan fingerprint density at radius 3 is 2.76 bits per heavy atom. The Labute approximate surface area is 122 Å². The van der Waals surface area contributed by atoms with E-state index in [1.165, 1.54) is 6.92 Å². The van der Waals surface area contributed by atoms with E-state index < -0.39 is 22.0 Å². The molecule has 1 aromatic carbocycles. The summed E-state index contributed by atoms with van der Waals surface area (Å²) in [6, 6.07) is 4.21. The van der Waals surface area contributed by atoms with Crippen LogP contribution in [0.4, 0.5) is 5.69 Å². The van der Waals surface area contributed by atoms with E-state index in [2.05, 4.69) is 15.0 Å². The summed E-state index contributed by atoms with van der Waals surface area (Å²) in [7, 11) is -3.43. The number of hydrogen-bond donors (Lipinski definition) is 2. The summed E-state index contributed by atoms with van der Waals surface area (Å²) in [5.41, 5.74) is 1.83. The van der Waals surface area contributed by atoms with Crippen LogP contribution in [-0.4, -0.2) is 31.6 Å². The Bertz CT molecular complexity index is 767. The van der Waals surface area contributed by atoms with Crippen molar-refractivity contribution in [1.82, 2.24) is 9.71 Å². The molecule has 0 unspecified atom stereocenters. The van der Waals surface area contributed by atoms with Gasteiger partial charge in [0.05, 0.1) is 12.3 Å². The molecule has 1 atom stereocenters. The van der Waals surface area contributed by atoms with Crippen molar-refractivity contribution in [2.75, 3.05) is 11.6 Å². The first kappa shape index (κ1) is 15.5. The number of carbonyl (C=O) groups excluding carboxylic acids is 1. The summed E-state index contributed by atoms with van der Waals surface area (Å²) in [6.07, 6.45) is 1.69. The van der Waals surface area contributed by atoms with E-state index in [-0.39, 0.29) is 0 Å². The molecule has 0 saturated heterocycles. The van der Waals surface area contributed by atoms with Gasteiger partial charge in [0.15, 0.2) is 11.5 Å². The number of fused-ring (bicyclic) bond motifs is 1. The minimum Gasteiger partial charge on any atom is -0.441 e. The van der Waals surface area contributed by atoms with Crippen LogP contribution in [0.1, 0.15) is 19.7 Å². The number of rotatable bonds is 5. The second-order valence-electron chi connectivity index (χ2n) is 4.74.